The van der Waals surface area contributed by atoms with Crippen LogP contribution >= 0.6 is 0 Å². The van der Waals surface area contributed by atoms with Gasteiger partial charge in [-0.3, -0.25) is 0 Å². The van der Waals surface area contributed by atoms with Crippen LogP contribution in [0.4, 0.5) is 0 Å². The Hall–Kier alpha value is -0.0400. The molecule has 18 atom stereocenters. The summed E-state index contributed by atoms with van der Waals surface area (Å²) < 4.78 is 7.50. The Balaban J connectivity index is 1.53. The van der Waals surface area contributed by atoms with Crippen LogP contribution in [0.2, 0.25) is 0 Å². The molecule has 18 unspecified atom stereocenters. The van der Waals surface area contributed by atoms with E-state index >= 15 is 0 Å². The second-order valence-corrected chi connectivity index (χ2v) is 14.7. The van der Waals surface area contributed by atoms with Gasteiger partial charge in [0, 0.05) is 0 Å². The van der Waals surface area contributed by atoms with Gasteiger partial charge < -0.3 is 4.74 Å². The maximum Gasteiger partial charge on any atom is 0.105 e. The van der Waals surface area contributed by atoms with Crippen molar-refractivity contribution in [1.29, 1.82) is 0 Å². The molecule has 0 bridgehead atoms. The number of epoxide rings is 1. The highest BCUT2D eigenvalue weighted by atomic mass is 16.6. The minimum atomic E-state index is 0.202. The first-order valence-corrected chi connectivity index (χ1v) is 14.3. The Morgan fingerprint density at radius 2 is 0.677 bits per heavy atom. The van der Waals surface area contributed by atoms with Gasteiger partial charge in [-0.25, -0.2) is 0 Å². The smallest absolute Gasteiger partial charge is 0.105 e. The summed E-state index contributed by atoms with van der Waals surface area (Å²) in [6.07, 6.45) is 0. The zero-order valence-electron chi connectivity index (χ0n) is 21.8. The van der Waals surface area contributed by atoms with E-state index in [1.165, 1.54) is 0 Å². The summed E-state index contributed by atoms with van der Waals surface area (Å²) in [6.45, 7) is 26.5. The van der Waals surface area contributed by atoms with Crippen molar-refractivity contribution in [2.45, 2.75) is 80.4 Å². The molecule has 0 aromatic carbocycles. The molecule has 1 saturated heterocycles. The predicted octanol–water partition coefficient (Wildman–Crippen LogP) is 6.87. The van der Waals surface area contributed by atoms with Gasteiger partial charge in [-0.05, 0) is 107 Å². The van der Waals surface area contributed by atoms with E-state index in [9.17, 15) is 0 Å². The highest BCUT2D eigenvalue weighted by Gasteiger charge is 2.93. The molecule has 7 fully saturated rings. The van der Waals surface area contributed by atoms with Gasteiger partial charge in [-0.15, -0.1) is 0 Å². The van der Waals surface area contributed by atoms with Crippen LogP contribution in [-0.4, -0.2) is 11.2 Å². The van der Waals surface area contributed by atoms with E-state index < -0.39 is 0 Å². The van der Waals surface area contributed by atoms with Gasteiger partial charge in [0.1, 0.15) is 11.2 Å². The van der Waals surface area contributed by atoms with Crippen molar-refractivity contribution in [1.82, 2.24) is 0 Å². The molecule has 7 aliphatic rings. The van der Waals surface area contributed by atoms with E-state index in [2.05, 4.69) is 69.2 Å². The van der Waals surface area contributed by atoms with Gasteiger partial charge in [-0.2, -0.15) is 0 Å². The molecule has 1 nitrogen and oxygen atoms in total. The monoisotopic (exact) mass is 424 g/mol. The summed E-state index contributed by atoms with van der Waals surface area (Å²) >= 11 is 0. The Labute approximate surface area is 191 Å². The number of hydrogen-bond acceptors (Lipinski definition) is 1. The fourth-order valence-electron chi connectivity index (χ4n) is 13.7. The summed E-state index contributed by atoms with van der Waals surface area (Å²) in [5.74, 6) is 15.6. The SMILES string of the molecule is CC1C(C)C2C(C)C(C)C3C(C)C(C)C45OC46C4C(C(C)C(C)C1C4C2C36)C(C)C5C. The Morgan fingerprint density at radius 3 is 1.03 bits per heavy atom. The van der Waals surface area contributed by atoms with E-state index in [0.29, 0.717) is 0 Å². The van der Waals surface area contributed by atoms with Gasteiger partial charge >= 0.3 is 0 Å². The third-order valence-corrected chi connectivity index (χ3v) is 15.2. The first kappa shape index (κ1) is 20.3. The zero-order chi connectivity index (χ0) is 22.1. The first-order chi connectivity index (χ1) is 14.6. The van der Waals surface area contributed by atoms with Crippen LogP contribution in [0.5, 0.6) is 0 Å². The predicted molar refractivity (Wildman–Crippen MR) is 126 cm³/mol. The fourth-order valence-corrected chi connectivity index (χ4v) is 13.7. The molecule has 1 heteroatoms. The summed E-state index contributed by atoms with van der Waals surface area (Å²) in [4.78, 5) is 0. The molecule has 0 aromatic heterocycles. The van der Waals surface area contributed by atoms with Crippen molar-refractivity contribution in [2.24, 2.45) is 107 Å². The minimum Gasteiger partial charge on any atom is -0.361 e. The molecule has 174 valence electrons. The van der Waals surface area contributed by atoms with Crippen LogP contribution in [0.25, 0.3) is 0 Å². The topological polar surface area (TPSA) is 12.5 Å². The second-order valence-electron chi connectivity index (χ2n) is 14.7. The molecule has 1 heterocycles. The van der Waals surface area contributed by atoms with Gasteiger partial charge in [0.25, 0.3) is 0 Å². The molecule has 6 saturated carbocycles. The lowest BCUT2D eigenvalue weighted by Crippen LogP contribution is -2.64. The van der Waals surface area contributed by atoms with Crippen molar-refractivity contribution < 1.29 is 4.74 Å². The zero-order valence-corrected chi connectivity index (χ0v) is 21.8. The lowest BCUT2D eigenvalue weighted by Gasteiger charge is -2.62. The maximum atomic E-state index is 7.50. The summed E-state index contributed by atoms with van der Waals surface area (Å²) in [5, 5.41) is 0. The average molecular weight is 425 g/mol. The summed E-state index contributed by atoms with van der Waals surface area (Å²) in [7, 11) is 0. The van der Waals surface area contributed by atoms with Crippen molar-refractivity contribution in [2.75, 3.05) is 0 Å². The van der Waals surface area contributed by atoms with Crippen molar-refractivity contribution in [3.05, 3.63) is 0 Å². The molecule has 6 aliphatic carbocycles. The number of rotatable bonds is 0. The Kier molecular flexibility index (Phi) is 3.68. The van der Waals surface area contributed by atoms with E-state index in [1.54, 1.807) is 0 Å². The minimum absolute atomic E-state index is 0.202. The Bertz CT molecular complexity index is 749. The lowest BCUT2D eigenvalue weighted by molar-refractivity contribution is -0.152. The molecule has 0 amide bonds. The van der Waals surface area contributed by atoms with Gasteiger partial charge in [0.2, 0.25) is 0 Å². The quantitative estimate of drug-likeness (QED) is 0.387. The van der Waals surface area contributed by atoms with Crippen LogP contribution in [0.15, 0.2) is 0 Å². The third kappa shape index (κ3) is 1.71. The third-order valence-electron chi connectivity index (χ3n) is 15.2. The molecule has 1 spiro atoms. The molecular weight excluding hydrogens is 376 g/mol. The summed E-state index contributed by atoms with van der Waals surface area (Å²) in [5.41, 5.74) is 0.451. The molecular formula is C30H48O. The molecule has 31 heavy (non-hydrogen) atoms. The van der Waals surface area contributed by atoms with E-state index in [0.717, 1.165) is 107 Å². The van der Waals surface area contributed by atoms with E-state index in [4.69, 9.17) is 4.74 Å². The maximum absolute atomic E-state index is 7.50. The van der Waals surface area contributed by atoms with E-state index in [-0.39, 0.29) is 11.2 Å². The fraction of sp³-hybridized carbons (Fsp3) is 1.00. The Morgan fingerprint density at radius 1 is 0.355 bits per heavy atom. The number of hydrogen-bond donors (Lipinski definition) is 0. The van der Waals surface area contributed by atoms with Crippen molar-refractivity contribution in [3.8, 4) is 0 Å². The normalized spacial score (nSPS) is 76.8. The highest BCUT2D eigenvalue weighted by molar-refractivity contribution is 5.40. The first-order valence-electron chi connectivity index (χ1n) is 14.3. The van der Waals surface area contributed by atoms with E-state index in [1.807, 2.05) is 0 Å². The van der Waals surface area contributed by atoms with Gasteiger partial charge in [-0.1, -0.05) is 69.2 Å². The molecule has 7 rings (SSSR count). The number of ether oxygens (including phenoxy) is 1. The van der Waals surface area contributed by atoms with Crippen LogP contribution in [0.3, 0.4) is 0 Å². The molecule has 0 aromatic rings. The van der Waals surface area contributed by atoms with Crippen LogP contribution in [-0.2, 0) is 4.74 Å². The van der Waals surface area contributed by atoms with Crippen LogP contribution < -0.4 is 0 Å². The standard InChI is InChI=1S/C30H48O/c1-11-12(2)22-14(4)16(6)24-18(8)20(10)29-19(9)17(7)23-15(5)13(3)21(11)25-26(22)28(24)30(29,31-29)27(23)25/h11-28H,1-10H3. The van der Waals surface area contributed by atoms with Crippen LogP contribution in [0.1, 0.15) is 69.2 Å². The van der Waals surface area contributed by atoms with Crippen molar-refractivity contribution in [3.63, 3.8) is 0 Å². The summed E-state index contributed by atoms with van der Waals surface area (Å²) in [6, 6.07) is 0. The van der Waals surface area contributed by atoms with Crippen molar-refractivity contribution >= 4 is 0 Å². The second kappa shape index (κ2) is 5.60. The van der Waals surface area contributed by atoms with Gasteiger partial charge in [0.05, 0.1) is 0 Å². The van der Waals surface area contributed by atoms with Crippen LogP contribution in [0, 0.1) is 107 Å². The molecule has 1 aliphatic heterocycles. The highest BCUT2D eigenvalue weighted by Crippen LogP contribution is 2.87. The molecule has 0 radical (unpaired) electrons. The lowest BCUT2D eigenvalue weighted by atomic mass is 9.42. The molecule has 0 N–H and O–H groups in total. The van der Waals surface area contributed by atoms with Gasteiger partial charge in [0.15, 0.2) is 0 Å². The average Bonchev–Trinajstić information content (AvgIpc) is 3.37. The largest absolute Gasteiger partial charge is 0.361 e.